The molecule has 3 aromatic heterocycles. The van der Waals surface area contributed by atoms with Crippen molar-refractivity contribution in [3.05, 3.63) is 82.5 Å². The Labute approximate surface area is 156 Å². The van der Waals surface area contributed by atoms with Crippen LogP contribution in [0.5, 0.6) is 0 Å². The smallest absolute Gasteiger partial charge is 0.0949 e. The lowest BCUT2D eigenvalue weighted by Gasteiger charge is -2.07. The molecule has 0 saturated heterocycles. The van der Waals surface area contributed by atoms with Crippen LogP contribution in [0.3, 0.4) is 0 Å². The minimum absolute atomic E-state index is 0.800. The first-order valence-electron chi connectivity index (χ1n) is 8.60. The van der Waals surface area contributed by atoms with Gasteiger partial charge in [0.05, 0.1) is 17.0 Å². The third kappa shape index (κ3) is 4.09. The zero-order valence-electron chi connectivity index (χ0n) is 14.6. The Morgan fingerprint density at radius 1 is 1.19 bits per heavy atom. The number of H-pyrrole nitrogens is 1. The van der Waals surface area contributed by atoms with Gasteiger partial charge in [0.15, 0.2) is 0 Å². The fourth-order valence-electron chi connectivity index (χ4n) is 2.96. The maximum Gasteiger partial charge on any atom is 0.0949 e. The minimum atomic E-state index is 0.800. The summed E-state index contributed by atoms with van der Waals surface area (Å²) >= 11 is 1.68. The lowest BCUT2D eigenvalue weighted by molar-refractivity contribution is 0.681. The minimum Gasteiger partial charge on any atom is -0.363 e. The molecule has 0 spiro atoms. The number of aromatic nitrogens is 4. The number of nitrogens with zero attached hydrogens (tertiary/aromatic N) is 3. The molecule has 0 unspecified atom stereocenters. The molecule has 0 fully saturated rings. The predicted molar refractivity (Wildman–Crippen MR) is 105 cm³/mol. The third-order valence-corrected chi connectivity index (χ3v) is 4.99. The van der Waals surface area contributed by atoms with Crippen LogP contribution < -0.4 is 5.32 Å². The van der Waals surface area contributed by atoms with E-state index in [0.717, 1.165) is 35.9 Å². The lowest BCUT2D eigenvalue weighted by atomic mass is 10.1. The highest BCUT2D eigenvalue weighted by Gasteiger charge is 2.05. The molecule has 6 heteroatoms. The van der Waals surface area contributed by atoms with Crippen LogP contribution >= 0.6 is 11.3 Å². The molecule has 3 heterocycles. The van der Waals surface area contributed by atoms with Crippen molar-refractivity contribution >= 4 is 11.3 Å². The Balaban J connectivity index is 1.33. The van der Waals surface area contributed by atoms with Crippen LogP contribution in [-0.2, 0) is 19.6 Å². The zero-order valence-corrected chi connectivity index (χ0v) is 15.5. The van der Waals surface area contributed by atoms with Gasteiger partial charge in [-0.15, -0.1) is 11.3 Å². The molecule has 0 radical (unpaired) electrons. The first-order chi connectivity index (χ1) is 12.8. The topological polar surface area (TPSA) is 58.5 Å². The van der Waals surface area contributed by atoms with Crippen molar-refractivity contribution in [2.24, 2.45) is 0 Å². The number of aromatic amines is 1. The second-order valence-electron chi connectivity index (χ2n) is 6.32. The Kier molecular flexibility index (Phi) is 4.95. The van der Waals surface area contributed by atoms with Crippen molar-refractivity contribution in [1.29, 1.82) is 0 Å². The van der Waals surface area contributed by atoms with E-state index in [-0.39, 0.29) is 0 Å². The molecule has 26 heavy (non-hydrogen) atoms. The SMILES string of the molecule is Cc1nc(-c2c[nH]c(CNCc3cccc(Cn4ccnc4)c3)c2)cs1. The van der Waals surface area contributed by atoms with E-state index in [9.17, 15) is 0 Å². The highest BCUT2D eigenvalue weighted by Crippen LogP contribution is 2.22. The van der Waals surface area contributed by atoms with Gasteiger partial charge in [-0.2, -0.15) is 0 Å². The van der Waals surface area contributed by atoms with Gasteiger partial charge in [-0.25, -0.2) is 9.97 Å². The zero-order chi connectivity index (χ0) is 17.8. The van der Waals surface area contributed by atoms with E-state index in [1.165, 1.54) is 16.8 Å². The summed E-state index contributed by atoms with van der Waals surface area (Å²) in [5.41, 5.74) is 5.92. The van der Waals surface area contributed by atoms with Crippen LogP contribution in [0.1, 0.15) is 21.8 Å². The summed E-state index contributed by atoms with van der Waals surface area (Å²) in [6.45, 7) is 4.52. The van der Waals surface area contributed by atoms with Crippen molar-refractivity contribution in [2.45, 2.75) is 26.6 Å². The van der Waals surface area contributed by atoms with Crippen molar-refractivity contribution in [3.8, 4) is 11.3 Å². The molecule has 4 aromatic rings. The number of hydrogen-bond donors (Lipinski definition) is 2. The van der Waals surface area contributed by atoms with Crippen molar-refractivity contribution in [1.82, 2.24) is 24.8 Å². The van der Waals surface area contributed by atoms with Crippen LogP contribution in [0.15, 0.2) is 60.6 Å². The van der Waals surface area contributed by atoms with Crippen molar-refractivity contribution in [3.63, 3.8) is 0 Å². The van der Waals surface area contributed by atoms with Gasteiger partial charge >= 0.3 is 0 Å². The molecule has 132 valence electrons. The van der Waals surface area contributed by atoms with E-state index in [1.54, 1.807) is 11.3 Å². The van der Waals surface area contributed by atoms with Crippen LogP contribution in [0.4, 0.5) is 0 Å². The van der Waals surface area contributed by atoms with Gasteiger partial charge in [-0.1, -0.05) is 24.3 Å². The predicted octanol–water partition coefficient (Wildman–Crippen LogP) is 3.98. The van der Waals surface area contributed by atoms with Crippen LogP contribution in [0, 0.1) is 6.92 Å². The summed E-state index contributed by atoms with van der Waals surface area (Å²) in [6, 6.07) is 10.8. The van der Waals surface area contributed by atoms with E-state index < -0.39 is 0 Å². The first-order valence-corrected chi connectivity index (χ1v) is 9.48. The number of benzene rings is 1. The second-order valence-corrected chi connectivity index (χ2v) is 7.39. The van der Waals surface area contributed by atoms with Gasteiger partial charge in [-0.05, 0) is 24.1 Å². The molecule has 0 atom stereocenters. The van der Waals surface area contributed by atoms with Gasteiger partial charge in [0.25, 0.3) is 0 Å². The van der Waals surface area contributed by atoms with Crippen LogP contribution in [0.25, 0.3) is 11.3 Å². The maximum atomic E-state index is 4.53. The largest absolute Gasteiger partial charge is 0.363 e. The number of imidazole rings is 1. The maximum absolute atomic E-state index is 4.53. The van der Waals surface area contributed by atoms with Crippen molar-refractivity contribution in [2.75, 3.05) is 0 Å². The molecule has 0 amide bonds. The molecular formula is C20H21N5S. The van der Waals surface area contributed by atoms with E-state index >= 15 is 0 Å². The average molecular weight is 363 g/mol. The number of nitrogens with one attached hydrogen (secondary N) is 2. The molecule has 2 N–H and O–H groups in total. The highest BCUT2D eigenvalue weighted by atomic mass is 32.1. The molecule has 5 nitrogen and oxygen atoms in total. The molecule has 4 rings (SSSR count). The van der Waals surface area contributed by atoms with E-state index in [0.29, 0.717) is 0 Å². The lowest BCUT2D eigenvalue weighted by Crippen LogP contribution is -2.13. The molecule has 0 aliphatic heterocycles. The Morgan fingerprint density at radius 3 is 2.92 bits per heavy atom. The summed E-state index contributed by atoms with van der Waals surface area (Å²) < 4.78 is 2.08. The fraction of sp³-hybridized carbons (Fsp3) is 0.200. The van der Waals surface area contributed by atoms with E-state index in [1.807, 2.05) is 31.8 Å². The summed E-state index contributed by atoms with van der Waals surface area (Å²) in [5.74, 6) is 0. The molecule has 1 aromatic carbocycles. The highest BCUT2D eigenvalue weighted by molar-refractivity contribution is 7.09. The molecule has 0 aliphatic rings. The van der Waals surface area contributed by atoms with E-state index in [2.05, 4.69) is 60.5 Å². The summed E-state index contributed by atoms with van der Waals surface area (Å²) in [4.78, 5) is 12.0. The van der Waals surface area contributed by atoms with Crippen molar-refractivity contribution < 1.29 is 0 Å². The number of hydrogen-bond acceptors (Lipinski definition) is 4. The van der Waals surface area contributed by atoms with Gasteiger partial charge in [0.2, 0.25) is 0 Å². The van der Waals surface area contributed by atoms with Gasteiger partial charge in [-0.3, -0.25) is 0 Å². The summed E-state index contributed by atoms with van der Waals surface area (Å²) in [6.07, 6.45) is 7.66. The average Bonchev–Trinajstić information content (AvgIpc) is 3.37. The Morgan fingerprint density at radius 2 is 2.12 bits per heavy atom. The fourth-order valence-corrected chi connectivity index (χ4v) is 3.58. The second kappa shape index (κ2) is 7.68. The molecule has 0 bridgehead atoms. The van der Waals surface area contributed by atoms with E-state index in [4.69, 9.17) is 0 Å². The summed E-state index contributed by atoms with van der Waals surface area (Å²) in [5, 5.41) is 6.70. The molecule has 0 saturated carbocycles. The van der Waals surface area contributed by atoms with Gasteiger partial charge < -0.3 is 14.9 Å². The monoisotopic (exact) mass is 363 g/mol. The normalized spacial score (nSPS) is 11.1. The first kappa shape index (κ1) is 16.8. The Bertz CT molecular complexity index is 968. The third-order valence-electron chi connectivity index (χ3n) is 4.22. The standard InChI is InChI=1S/C20H21N5S/c1-15-24-20(13-26-15)18-8-19(23-10-18)11-22-9-16-3-2-4-17(7-16)12-25-6-5-21-14-25/h2-8,10,13-14,22-23H,9,11-12H2,1H3. The quantitative estimate of drug-likeness (QED) is 0.522. The molecule has 0 aliphatic carbocycles. The van der Waals surface area contributed by atoms with Crippen LogP contribution in [-0.4, -0.2) is 19.5 Å². The Hall–Kier alpha value is -2.70. The number of aryl methyl sites for hydroxylation is 1. The van der Waals surface area contributed by atoms with Gasteiger partial charge in [0, 0.05) is 54.9 Å². The number of thiazole rings is 1. The summed E-state index contributed by atoms with van der Waals surface area (Å²) in [7, 11) is 0. The van der Waals surface area contributed by atoms with Gasteiger partial charge in [0.1, 0.15) is 0 Å². The van der Waals surface area contributed by atoms with Crippen LogP contribution in [0.2, 0.25) is 0 Å². The number of rotatable bonds is 7. The molecular weight excluding hydrogens is 342 g/mol.